The molecule has 0 spiro atoms. The normalized spacial score (nSPS) is 15.6. The molecular formula is C25H27N5O2. The van der Waals surface area contributed by atoms with Gasteiger partial charge >= 0.3 is 0 Å². The Hall–Kier alpha value is -3.45. The average Bonchev–Trinajstić information content (AvgIpc) is 3.25. The van der Waals surface area contributed by atoms with Crippen LogP contribution in [0.5, 0.6) is 0 Å². The van der Waals surface area contributed by atoms with Crippen molar-refractivity contribution >= 4 is 29.0 Å². The van der Waals surface area contributed by atoms with Gasteiger partial charge in [0.15, 0.2) is 0 Å². The van der Waals surface area contributed by atoms with Crippen molar-refractivity contribution in [2.75, 3.05) is 43.1 Å². The Morgan fingerprint density at radius 3 is 2.53 bits per heavy atom. The van der Waals surface area contributed by atoms with Gasteiger partial charge in [-0.25, -0.2) is 4.98 Å². The predicted molar refractivity (Wildman–Crippen MR) is 125 cm³/mol. The number of fused-ring (bicyclic) bond motifs is 1. The molecule has 164 valence electrons. The lowest BCUT2D eigenvalue weighted by Crippen LogP contribution is -2.40. The number of carbonyl (C=O) groups excluding carboxylic acids is 1. The third kappa shape index (κ3) is 4.03. The highest BCUT2D eigenvalue weighted by Gasteiger charge is 2.24. The molecule has 0 aliphatic carbocycles. The van der Waals surface area contributed by atoms with Crippen molar-refractivity contribution in [1.29, 1.82) is 0 Å². The standard InChI is InChI=1S/C25H27N5O2/c1-17-3-6-21(15-18(17)2)27-25-26-16-20-9-10-30(23(20)28-25)22-7-4-19(5-8-22)24(31)29-11-13-32-14-12-29/h3-8,15-16H,9-14H2,1-2H3,(H,26,27,28). The minimum absolute atomic E-state index is 0.0591. The zero-order chi connectivity index (χ0) is 22.1. The Kier molecular flexibility index (Phi) is 5.49. The Balaban J connectivity index is 1.34. The molecule has 3 heterocycles. The number of amides is 1. The second-order valence-electron chi connectivity index (χ2n) is 8.32. The van der Waals surface area contributed by atoms with E-state index < -0.39 is 0 Å². The maximum atomic E-state index is 12.7. The third-order valence-corrected chi connectivity index (χ3v) is 6.19. The van der Waals surface area contributed by atoms with Crippen LogP contribution in [0, 0.1) is 13.8 Å². The van der Waals surface area contributed by atoms with E-state index in [1.807, 2.05) is 41.4 Å². The van der Waals surface area contributed by atoms with Gasteiger partial charge in [-0.2, -0.15) is 4.98 Å². The maximum absolute atomic E-state index is 12.7. The van der Waals surface area contributed by atoms with E-state index in [9.17, 15) is 4.79 Å². The zero-order valence-electron chi connectivity index (χ0n) is 18.5. The van der Waals surface area contributed by atoms with Crippen LogP contribution in [-0.4, -0.2) is 53.6 Å². The molecule has 1 saturated heterocycles. The van der Waals surface area contributed by atoms with Crippen molar-refractivity contribution in [3.63, 3.8) is 0 Å². The maximum Gasteiger partial charge on any atom is 0.254 e. The van der Waals surface area contributed by atoms with Gasteiger partial charge in [0.05, 0.1) is 13.2 Å². The molecule has 0 saturated carbocycles. The summed E-state index contributed by atoms with van der Waals surface area (Å²) in [6.45, 7) is 7.54. The lowest BCUT2D eigenvalue weighted by molar-refractivity contribution is 0.0303. The summed E-state index contributed by atoms with van der Waals surface area (Å²) in [7, 11) is 0. The first-order chi connectivity index (χ1) is 15.6. The molecule has 2 aliphatic rings. The minimum atomic E-state index is 0.0591. The van der Waals surface area contributed by atoms with Gasteiger partial charge in [-0.3, -0.25) is 4.79 Å². The van der Waals surface area contributed by atoms with E-state index in [4.69, 9.17) is 9.72 Å². The molecule has 1 aromatic heterocycles. The molecule has 0 bridgehead atoms. The molecule has 2 aromatic carbocycles. The van der Waals surface area contributed by atoms with Crippen LogP contribution >= 0.6 is 0 Å². The molecule has 2 aliphatic heterocycles. The van der Waals surface area contributed by atoms with Gasteiger partial charge in [-0.05, 0) is 67.8 Å². The van der Waals surface area contributed by atoms with Crippen molar-refractivity contribution in [2.45, 2.75) is 20.3 Å². The lowest BCUT2D eigenvalue weighted by Gasteiger charge is -2.27. The monoisotopic (exact) mass is 429 g/mol. The second-order valence-corrected chi connectivity index (χ2v) is 8.32. The fraction of sp³-hybridized carbons (Fsp3) is 0.320. The van der Waals surface area contributed by atoms with Gasteiger partial charge in [0.25, 0.3) is 5.91 Å². The summed E-state index contributed by atoms with van der Waals surface area (Å²) in [5, 5.41) is 3.32. The van der Waals surface area contributed by atoms with Crippen LogP contribution < -0.4 is 10.2 Å². The molecule has 7 nitrogen and oxygen atoms in total. The topological polar surface area (TPSA) is 70.6 Å². The molecule has 0 atom stereocenters. The van der Waals surface area contributed by atoms with Crippen LogP contribution in [-0.2, 0) is 11.2 Å². The summed E-state index contributed by atoms with van der Waals surface area (Å²) in [6, 6.07) is 14.1. The number of morpholine rings is 1. The van der Waals surface area contributed by atoms with Crippen molar-refractivity contribution in [1.82, 2.24) is 14.9 Å². The second kappa shape index (κ2) is 8.59. The number of aryl methyl sites for hydroxylation is 2. The molecule has 0 radical (unpaired) electrons. The first kappa shape index (κ1) is 20.5. The van der Waals surface area contributed by atoms with Crippen LogP contribution in [0.25, 0.3) is 0 Å². The molecule has 3 aromatic rings. The van der Waals surface area contributed by atoms with Gasteiger partial charge < -0.3 is 19.9 Å². The number of rotatable bonds is 4. The van der Waals surface area contributed by atoms with E-state index in [1.165, 1.54) is 11.1 Å². The number of benzene rings is 2. The van der Waals surface area contributed by atoms with E-state index in [0.717, 1.165) is 35.7 Å². The van der Waals surface area contributed by atoms with Crippen LogP contribution in [0.15, 0.2) is 48.7 Å². The fourth-order valence-electron chi connectivity index (χ4n) is 4.14. The molecular weight excluding hydrogens is 402 g/mol. The highest BCUT2D eigenvalue weighted by molar-refractivity contribution is 5.94. The van der Waals surface area contributed by atoms with Gasteiger partial charge in [-0.1, -0.05) is 6.07 Å². The minimum Gasteiger partial charge on any atom is -0.378 e. The van der Waals surface area contributed by atoms with Crippen LogP contribution in [0.3, 0.4) is 0 Å². The average molecular weight is 430 g/mol. The highest BCUT2D eigenvalue weighted by atomic mass is 16.5. The molecule has 1 N–H and O–H groups in total. The first-order valence-electron chi connectivity index (χ1n) is 11.0. The number of aromatic nitrogens is 2. The fourth-order valence-corrected chi connectivity index (χ4v) is 4.14. The quantitative estimate of drug-likeness (QED) is 0.676. The van der Waals surface area contributed by atoms with Crippen molar-refractivity contribution in [3.05, 3.63) is 70.9 Å². The van der Waals surface area contributed by atoms with E-state index in [0.29, 0.717) is 37.8 Å². The van der Waals surface area contributed by atoms with E-state index in [1.54, 1.807) is 0 Å². The third-order valence-electron chi connectivity index (χ3n) is 6.19. The number of anilines is 4. The van der Waals surface area contributed by atoms with Crippen molar-refractivity contribution < 1.29 is 9.53 Å². The summed E-state index contributed by atoms with van der Waals surface area (Å²) in [4.78, 5) is 26.1. The van der Waals surface area contributed by atoms with E-state index in [2.05, 4.69) is 41.2 Å². The number of hydrogen-bond donors (Lipinski definition) is 1. The predicted octanol–water partition coefficient (Wildman–Crippen LogP) is 4.00. The van der Waals surface area contributed by atoms with Gasteiger partial charge in [-0.15, -0.1) is 0 Å². The zero-order valence-corrected chi connectivity index (χ0v) is 18.5. The summed E-state index contributed by atoms with van der Waals surface area (Å²) in [5.74, 6) is 1.56. The molecule has 7 heteroatoms. The largest absolute Gasteiger partial charge is 0.378 e. The van der Waals surface area contributed by atoms with Gasteiger partial charge in [0.2, 0.25) is 5.95 Å². The number of ether oxygens (including phenoxy) is 1. The van der Waals surface area contributed by atoms with E-state index >= 15 is 0 Å². The molecule has 5 rings (SSSR count). The molecule has 0 unspecified atom stereocenters. The Labute approximate surface area is 188 Å². The van der Waals surface area contributed by atoms with Crippen LogP contribution in [0.2, 0.25) is 0 Å². The first-order valence-corrected chi connectivity index (χ1v) is 11.0. The summed E-state index contributed by atoms with van der Waals surface area (Å²) >= 11 is 0. The van der Waals surface area contributed by atoms with Gasteiger partial charge in [0, 0.05) is 48.3 Å². The molecule has 1 amide bonds. The Bertz CT molecular complexity index is 1140. The number of nitrogens with one attached hydrogen (secondary N) is 1. The smallest absolute Gasteiger partial charge is 0.254 e. The summed E-state index contributed by atoms with van der Waals surface area (Å²) < 4.78 is 5.35. The highest BCUT2D eigenvalue weighted by Crippen LogP contribution is 2.33. The van der Waals surface area contributed by atoms with Crippen molar-refractivity contribution in [3.8, 4) is 0 Å². The van der Waals surface area contributed by atoms with Crippen molar-refractivity contribution in [2.24, 2.45) is 0 Å². The molecule has 32 heavy (non-hydrogen) atoms. The number of hydrogen-bond acceptors (Lipinski definition) is 6. The lowest BCUT2D eigenvalue weighted by atomic mass is 10.1. The Morgan fingerprint density at radius 1 is 1.00 bits per heavy atom. The van der Waals surface area contributed by atoms with Crippen LogP contribution in [0.1, 0.15) is 27.0 Å². The Morgan fingerprint density at radius 2 is 1.78 bits per heavy atom. The summed E-state index contributed by atoms with van der Waals surface area (Å²) in [6.07, 6.45) is 2.80. The van der Waals surface area contributed by atoms with E-state index in [-0.39, 0.29) is 5.91 Å². The molecule has 1 fully saturated rings. The summed E-state index contributed by atoms with van der Waals surface area (Å²) in [5.41, 5.74) is 6.32. The number of carbonyl (C=O) groups is 1. The van der Waals surface area contributed by atoms with Crippen LogP contribution in [0.4, 0.5) is 23.1 Å². The van der Waals surface area contributed by atoms with Gasteiger partial charge in [0.1, 0.15) is 5.82 Å². The number of nitrogens with zero attached hydrogens (tertiary/aromatic N) is 4. The SMILES string of the molecule is Cc1ccc(Nc2ncc3c(n2)N(c2ccc(C(=O)N4CCOCC4)cc2)CC3)cc1C.